The number of aliphatic hydroxyl groups is 1. The van der Waals surface area contributed by atoms with Gasteiger partial charge in [0.05, 0.1) is 6.54 Å². The van der Waals surface area contributed by atoms with Gasteiger partial charge in [0.1, 0.15) is 11.9 Å². The van der Waals surface area contributed by atoms with Crippen molar-refractivity contribution in [1.29, 1.82) is 0 Å². The van der Waals surface area contributed by atoms with Gasteiger partial charge in [-0.1, -0.05) is 30.3 Å². The van der Waals surface area contributed by atoms with Crippen LogP contribution in [0.5, 0.6) is 0 Å². The third-order valence-corrected chi connectivity index (χ3v) is 2.07. The molecule has 1 heterocycles. The summed E-state index contributed by atoms with van der Waals surface area (Å²) in [4.78, 5) is 4.17. The second kappa shape index (κ2) is 3.58. The van der Waals surface area contributed by atoms with Crippen LogP contribution in [0.15, 0.2) is 35.3 Å². The van der Waals surface area contributed by atoms with Gasteiger partial charge in [0.25, 0.3) is 0 Å². The zero-order chi connectivity index (χ0) is 9.10. The van der Waals surface area contributed by atoms with E-state index < -0.39 is 6.10 Å². The van der Waals surface area contributed by atoms with Gasteiger partial charge < -0.3 is 10.4 Å². The molecule has 0 bridgehead atoms. The van der Waals surface area contributed by atoms with E-state index in [1.807, 2.05) is 30.3 Å². The molecule has 13 heavy (non-hydrogen) atoms. The van der Waals surface area contributed by atoms with Crippen molar-refractivity contribution < 1.29 is 5.11 Å². The Morgan fingerprint density at radius 3 is 2.69 bits per heavy atom. The van der Waals surface area contributed by atoms with Crippen molar-refractivity contribution in [3.05, 3.63) is 35.9 Å². The average molecular weight is 176 g/mol. The number of nitrogens with one attached hydrogen (secondary N) is 1. The SMILES string of the molecule is O[C@@H](C1=NCCN1)c1ccccc1. The summed E-state index contributed by atoms with van der Waals surface area (Å²) in [6, 6.07) is 9.54. The molecule has 0 fully saturated rings. The Morgan fingerprint density at radius 2 is 2.08 bits per heavy atom. The van der Waals surface area contributed by atoms with Crippen molar-refractivity contribution >= 4 is 5.84 Å². The molecule has 0 radical (unpaired) electrons. The predicted octanol–water partition coefficient (Wildman–Crippen LogP) is 0.722. The van der Waals surface area contributed by atoms with E-state index in [0.29, 0.717) is 5.84 Å². The molecule has 3 heteroatoms. The summed E-state index contributed by atoms with van der Waals surface area (Å²) in [5.74, 6) is 0.686. The third kappa shape index (κ3) is 1.70. The maximum Gasteiger partial charge on any atom is 0.136 e. The highest BCUT2D eigenvalue weighted by atomic mass is 16.3. The highest BCUT2D eigenvalue weighted by molar-refractivity contribution is 5.88. The Hall–Kier alpha value is -1.35. The lowest BCUT2D eigenvalue weighted by Gasteiger charge is -2.10. The van der Waals surface area contributed by atoms with Crippen LogP contribution in [0.25, 0.3) is 0 Å². The van der Waals surface area contributed by atoms with E-state index >= 15 is 0 Å². The minimum absolute atomic E-state index is 0.594. The van der Waals surface area contributed by atoms with Crippen LogP contribution in [0.2, 0.25) is 0 Å². The molecule has 1 aliphatic heterocycles. The van der Waals surface area contributed by atoms with Gasteiger partial charge in [-0.3, -0.25) is 4.99 Å². The first kappa shape index (κ1) is 8.26. The Bertz CT molecular complexity index is 308. The lowest BCUT2D eigenvalue weighted by atomic mass is 10.1. The lowest BCUT2D eigenvalue weighted by molar-refractivity contribution is 0.244. The molecule has 1 atom stereocenters. The summed E-state index contributed by atoms with van der Waals surface area (Å²) < 4.78 is 0. The summed E-state index contributed by atoms with van der Waals surface area (Å²) in [5, 5.41) is 12.9. The normalized spacial score (nSPS) is 17.8. The first-order chi connectivity index (χ1) is 6.38. The van der Waals surface area contributed by atoms with Gasteiger partial charge in [0.2, 0.25) is 0 Å². The summed E-state index contributed by atoms with van der Waals surface area (Å²) in [5.41, 5.74) is 0.885. The van der Waals surface area contributed by atoms with Crippen molar-refractivity contribution in [2.75, 3.05) is 13.1 Å². The van der Waals surface area contributed by atoms with Gasteiger partial charge in [-0.05, 0) is 5.56 Å². The number of hydrogen-bond acceptors (Lipinski definition) is 3. The van der Waals surface area contributed by atoms with Gasteiger partial charge >= 0.3 is 0 Å². The van der Waals surface area contributed by atoms with Crippen molar-refractivity contribution in [2.45, 2.75) is 6.10 Å². The molecular formula is C10H12N2O. The highest BCUT2D eigenvalue weighted by Crippen LogP contribution is 2.13. The Balaban J connectivity index is 2.17. The molecule has 1 aromatic carbocycles. The quantitative estimate of drug-likeness (QED) is 0.697. The monoisotopic (exact) mass is 176 g/mol. The fraction of sp³-hybridized carbons (Fsp3) is 0.300. The molecule has 0 amide bonds. The molecule has 2 N–H and O–H groups in total. The molecule has 3 nitrogen and oxygen atoms in total. The summed E-state index contributed by atoms with van der Waals surface area (Å²) in [6.45, 7) is 1.60. The predicted molar refractivity (Wildman–Crippen MR) is 51.7 cm³/mol. The van der Waals surface area contributed by atoms with Gasteiger partial charge in [-0.25, -0.2) is 0 Å². The van der Waals surface area contributed by atoms with E-state index in [0.717, 1.165) is 18.7 Å². The van der Waals surface area contributed by atoms with E-state index in [1.54, 1.807) is 0 Å². The third-order valence-electron chi connectivity index (χ3n) is 2.07. The van der Waals surface area contributed by atoms with Crippen molar-refractivity contribution in [3.63, 3.8) is 0 Å². The highest BCUT2D eigenvalue weighted by Gasteiger charge is 2.16. The number of nitrogens with zero attached hydrogens (tertiary/aromatic N) is 1. The molecule has 0 unspecified atom stereocenters. The smallest absolute Gasteiger partial charge is 0.136 e. The van der Waals surface area contributed by atoms with Crippen LogP contribution in [0.1, 0.15) is 11.7 Å². The minimum atomic E-state index is -0.594. The number of aliphatic imine (C=N–C) groups is 1. The fourth-order valence-electron chi connectivity index (χ4n) is 1.39. The first-order valence-corrected chi connectivity index (χ1v) is 4.39. The number of rotatable bonds is 2. The van der Waals surface area contributed by atoms with Gasteiger partial charge in [0.15, 0.2) is 0 Å². The van der Waals surface area contributed by atoms with Crippen LogP contribution in [-0.4, -0.2) is 24.0 Å². The van der Waals surface area contributed by atoms with Gasteiger partial charge in [-0.2, -0.15) is 0 Å². The van der Waals surface area contributed by atoms with Crippen LogP contribution in [-0.2, 0) is 0 Å². The van der Waals surface area contributed by atoms with Crippen LogP contribution < -0.4 is 5.32 Å². The molecule has 0 spiro atoms. The van der Waals surface area contributed by atoms with E-state index in [4.69, 9.17) is 0 Å². The van der Waals surface area contributed by atoms with Crippen molar-refractivity contribution in [1.82, 2.24) is 5.32 Å². The molecule has 0 aromatic heterocycles. The molecule has 0 saturated carbocycles. The fourth-order valence-corrected chi connectivity index (χ4v) is 1.39. The largest absolute Gasteiger partial charge is 0.380 e. The zero-order valence-corrected chi connectivity index (χ0v) is 7.27. The zero-order valence-electron chi connectivity index (χ0n) is 7.27. The van der Waals surface area contributed by atoms with E-state index in [9.17, 15) is 5.11 Å². The van der Waals surface area contributed by atoms with Crippen LogP contribution in [0.4, 0.5) is 0 Å². The van der Waals surface area contributed by atoms with Gasteiger partial charge in [-0.15, -0.1) is 0 Å². The maximum absolute atomic E-state index is 9.83. The molecule has 0 saturated heterocycles. The Kier molecular flexibility index (Phi) is 2.27. The minimum Gasteiger partial charge on any atom is -0.380 e. The topological polar surface area (TPSA) is 44.6 Å². The van der Waals surface area contributed by atoms with Crippen LogP contribution in [0.3, 0.4) is 0 Å². The van der Waals surface area contributed by atoms with E-state index in [1.165, 1.54) is 0 Å². The van der Waals surface area contributed by atoms with Crippen molar-refractivity contribution in [3.8, 4) is 0 Å². The molecule has 2 rings (SSSR count). The molecule has 0 aliphatic carbocycles. The second-order valence-corrected chi connectivity index (χ2v) is 3.01. The second-order valence-electron chi connectivity index (χ2n) is 3.01. The summed E-state index contributed by atoms with van der Waals surface area (Å²) >= 11 is 0. The van der Waals surface area contributed by atoms with E-state index in [2.05, 4.69) is 10.3 Å². The number of benzene rings is 1. The molecule has 1 aromatic rings. The number of amidine groups is 1. The Morgan fingerprint density at radius 1 is 1.31 bits per heavy atom. The average Bonchev–Trinajstić information content (AvgIpc) is 2.71. The summed E-state index contributed by atoms with van der Waals surface area (Å²) in [7, 11) is 0. The van der Waals surface area contributed by atoms with E-state index in [-0.39, 0.29) is 0 Å². The Labute approximate surface area is 77.1 Å². The maximum atomic E-state index is 9.83. The molecular weight excluding hydrogens is 164 g/mol. The molecule has 68 valence electrons. The summed E-state index contributed by atoms with van der Waals surface area (Å²) in [6.07, 6.45) is -0.594. The van der Waals surface area contributed by atoms with Gasteiger partial charge in [0, 0.05) is 6.54 Å². The number of hydrogen-bond donors (Lipinski definition) is 2. The van der Waals surface area contributed by atoms with Crippen LogP contribution in [0, 0.1) is 0 Å². The lowest BCUT2D eigenvalue weighted by Crippen LogP contribution is -2.25. The number of aliphatic hydroxyl groups excluding tert-OH is 1. The first-order valence-electron chi connectivity index (χ1n) is 4.39. The standard InChI is InChI=1S/C10H12N2O/c13-9(10-11-6-7-12-10)8-4-2-1-3-5-8/h1-5,9,13H,6-7H2,(H,11,12)/t9-/m1/s1. The van der Waals surface area contributed by atoms with Crippen molar-refractivity contribution in [2.24, 2.45) is 4.99 Å². The molecule has 1 aliphatic rings. The van der Waals surface area contributed by atoms with Crippen LogP contribution >= 0.6 is 0 Å².